The molecule has 48 heavy (non-hydrogen) atoms. The molecular weight excluding hydrogens is 610 g/mol. The van der Waals surface area contributed by atoms with Crippen LogP contribution < -0.4 is 20.1 Å². The van der Waals surface area contributed by atoms with Gasteiger partial charge in [0.05, 0.1) is 31.5 Å². The average molecular weight is 650 g/mol. The van der Waals surface area contributed by atoms with E-state index in [9.17, 15) is 9.59 Å². The third kappa shape index (κ3) is 8.45. The highest BCUT2D eigenvalue weighted by atomic mass is 16.5. The molecule has 6 rings (SSSR count). The third-order valence-electron chi connectivity index (χ3n) is 8.13. The highest BCUT2D eigenvalue weighted by molar-refractivity contribution is 6.00. The summed E-state index contributed by atoms with van der Waals surface area (Å²) in [5.74, 6) is 0.755. The van der Waals surface area contributed by atoms with E-state index in [2.05, 4.69) is 31.0 Å². The standard InChI is InChI=1S/C36H39N7O5/c1-46-33-15-8-14-30-34(33)47-21-9-18-43-24-28(39-41-43)16-19-42(25-29-23-31(40-48-29)27-12-6-3-7-13-27)20-17-37-36(45)32(38-35(30)44)22-26-10-4-2-5-11-26/h2-8,10-15,23-24,32H,9,16-22,25H2,1H3,(H,37,45)(H,38,44)/t32-/m0/s1. The number of carbonyl (C=O) groups is 2. The van der Waals surface area contributed by atoms with Gasteiger partial charge in [-0.3, -0.25) is 19.2 Å². The number of aromatic nitrogens is 4. The first kappa shape index (κ1) is 32.5. The number of ether oxygens (including phenoxy) is 2. The molecule has 2 bridgehead atoms. The molecule has 5 aromatic rings. The van der Waals surface area contributed by atoms with Crippen LogP contribution in [0.25, 0.3) is 11.3 Å². The first-order chi connectivity index (χ1) is 23.6. The number of fused-ring (bicyclic) bond motifs is 3. The van der Waals surface area contributed by atoms with E-state index in [4.69, 9.17) is 14.0 Å². The van der Waals surface area contributed by atoms with Crippen molar-refractivity contribution >= 4 is 11.8 Å². The lowest BCUT2D eigenvalue weighted by molar-refractivity contribution is -0.123. The number of carbonyl (C=O) groups excluding carboxylic acids is 2. The quantitative estimate of drug-likeness (QED) is 0.281. The Bertz CT molecular complexity index is 1790. The second-order valence-corrected chi connectivity index (χ2v) is 11.6. The highest BCUT2D eigenvalue weighted by Gasteiger charge is 2.25. The van der Waals surface area contributed by atoms with Crippen molar-refractivity contribution in [3.8, 4) is 22.8 Å². The van der Waals surface area contributed by atoms with Crippen molar-refractivity contribution in [2.45, 2.75) is 38.4 Å². The lowest BCUT2D eigenvalue weighted by Crippen LogP contribution is -2.49. The molecule has 1 aliphatic heterocycles. The number of hydrogen-bond acceptors (Lipinski definition) is 9. The Morgan fingerprint density at radius 1 is 0.958 bits per heavy atom. The zero-order valence-electron chi connectivity index (χ0n) is 26.9. The Kier molecular flexibility index (Phi) is 10.7. The molecule has 2 aromatic heterocycles. The predicted octanol–water partition coefficient (Wildman–Crippen LogP) is 3.93. The van der Waals surface area contributed by atoms with Crippen LogP contribution in [0.4, 0.5) is 0 Å². The van der Waals surface area contributed by atoms with Crippen molar-refractivity contribution < 1.29 is 23.6 Å². The number of benzene rings is 3. The van der Waals surface area contributed by atoms with Gasteiger partial charge >= 0.3 is 0 Å². The maximum Gasteiger partial charge on any atom is 0.255 e. The van der Waals surface area contributed by atoms with Crippen molar-refractivity contribution in [3.63, 3.8) is 0 Å². The minimum Gasteiger partial charge on any atom is -0.493 e. The van der Waals surface area contributed by atoms with E-state index in [1.54, 1.807) is 22.9 Å². The molecule has 12 nitrogen and oxygen atoms in total. The Hall–Kier alpha value is -5.49. The Balaban J connectivity index is 1.23. The van der Waals surface area contributed by atoms with Gasteiger partial charge in [0.2, 0.25) is 5.91 Å². The van der Waals surface area contributed by atoms with Gasteiger partial charge in [0, 0.05) is 63.3 Å². The molecule has 1 atom stereocenters. The van der Waals surface area contributed by atoms with Gasteiger partial charge in [-0.25, -0.2) is 0 Å². The summed E-state index contributed by atoms with van der Waals surface area (Å²) in [5.41, 5.74) is 3.81. The molecule has 0 aliphatic carbocycles. The van der Waals surface area contributed by atoms with Crippen molar-refractivity contribution in [2.75, 3.05) is 33.4 Å². The molecule has 2 N–H and O–H groups in total. The minimum absolute atomic E-state index is 0.286. The smallest absolute Gasteiger partial charge is 0.255 e. The minimum atomic E-state index is -0.828. The number of nitrogens with zero attached hydrogens (tertiary/aromatic N) is 5. The maximum absolute atomic E-state index is 13.7. The molecule has 248 valence electrons. The largest absolute Gasteiger partial charge is 0.493 e. The topological polar surface area (TPSA) is 137 Å². The molecule has 1 aliphatic rings. The zero-order chi connectivity index (χ0) is 33.1. The van der Waals surface area contributed by atoms with Gasteiger partial charge in [-0.1, -0.05) is 77.1 Å². The summed E-state index contributed by atoms with van der Waals surface area (Å²) in [7, 11) is 1.53. The SMILES string of the molecule is COc1cccc2c1OCCCn1cc(nn1)CCN(Cc1cc(-c3ccccc3)no1)CCNC(=O)[C@H](Cc1ccccc1)NC2=O. The fourth-order valence-electron chi connectivity index (χ4n) is 5.62. The Morgan fingerprint density at radius 3 is 2.58 bits per heavy atom. The van der Waals surface area contributed by atoms with Crippen LogP contribution in [0.2, 0.25) is 0 Å². The second-order valence-electron chi connectivity index (χ2n) is 11.6. The second kappa shape index (κ2) is 15.9. The van der Waals surface area contributed by atoms with Crippen LogP contribution in [0.1, 0.15) is 33.8 Å². The molecule has 2 amide bonds. The fraction of sp³-hybridized carbons (Fsp3) is 0.306. The number of nitrogens with one attached hydrogen (secondary N) is 2. The summed E-state index contributed by atoms with van der Waals surface area (Å²) in [6.45, 7) is 2.92. The summed E-state index contributed by atoms with van der Waals surface area (Å²) in [6, 6.07) is 25.7. The number of hydrogen-bond donors (Lipinski definition) is 2. The van der Waals surface area contributed by atoms with E-state index in [1.807, 2.05) is 72.9 Å². The molecule has 0 saturated carbocycles. The fourth-order valence-corrected chi connectivity index (χ4v) is 5.62. The molecule has 0 saturated heterocycles. The van der Waals surface area contributed by atoms with Gasteiger partial charge in [-0.15, -0.1) is 5.10 Å². The van der Waals surface area contributed by atoms with E-state index in [-0.39, 0.29) is 11.5 Å². The van der Waals surface area contributed by atoms with Gasteiger partial charge < -0.3 is 24.6 Å². The van der Waals surface area contributed by atoms with Gasteiger partial charge in [0.15, 0.2) is 17.3 Å². The lowest BCUT2D eigenvalue weighted by atomic mass is 10.0. The van der Waals surface area contributed by atoms with Crippen molar-refractivity contribution in [3.05, 3.63) is 114 Å². The van der Waals surface area contributed by atoms with E-state index >= 15 is 0 Å². The summed E-state index contributed by atoms with van der Waals surface area (Å²) >= 11 is 0. The Labute approximate surface area is 279 Å². The molecule has 0 fully saturated rings. The summed E-state index contributed by atoms with van der Waals surface area (Å²) in [4.78, 5) is 29.6. The van der Waals surface area contributed by atoms with Gasteiger partial charge in [-0.05, 0) is 17.7 Å². The summed E-state index contributed by atoms with van der Waals surface area (Å²) in [6.07, 6.45) is 3.54. The Morgan fingerprint density at radius 2 is 1.77 bits per heavy atom. The first-order valence-corrected chi connectivity index (χ1v) is 16.1. The van der Waals surface area contributed by atoms with Crippen molar-refractivity contribution in [1.29, 1.82) is 0 Å². The monoisotopic (exact) mass is 649 g/mol. The van der Waals surface area contributed by atoms with Crippen LogP contribution >= 0.6 is 0 Å². The summed E-state index contributed by atoms with van der Waals surface area (Å²) < 4.78 is 19.1. The lowest BCUT2D eigenvalue weighted by Gasteiger charge is -2.23. The van der Waals surface area contributed by atoms with Crippen molar-refractivity contribution in [1.82, 2.24) is 35.7 Å². The number of amides is 2. The van der Waals surface area contributed by atoms with Crippen LogP contribution in [0.15, 0.2) is 95.6 Å². The van der Waals surface area contributed by atoms with E-state index in [0.717, 1.165) is 22.5 Å². The van der Waals surface area contributed by atoms with E-state index < -0.39 is 11.9 Å². The number of rotatable bonds is 6. The zero-order valence-corrected chi connectivity index (χ0v) is 26.9. The van der Waals surface area contributed by atoms with Crippen LogP contribution in [-0.2, 0) is 30.7 Å². The first-order valence-electron chi connectivity index (χ1n) is 16.1. The normalized spacial score (nSPS) is 16.7. The molecule has 0 radical (unpaired) electrons. The van der Waals surface area contributed by atoms with Crippen LogP contribution in [0, 0.1) is 0 Å². The van der Waals surface area contributed by atoms with Gasteiger partial charge in [0.25, 0.3) is 5.91 Å². The molecule has 0 unspecified atom stereocenters. The molecule has 12 heteroatoms. The van der Waals surface area contributed by atoms with Gasteiger partial charge in [0.1, 0.15) is 11.7 Å². The number of methoxy groups -OCH3 is 1. The van der Waals surface area contributed by atoms with Crippen LogP contribution in [-0.4, -0.2) is 76.3 Å². The molecular formula is C36H39N7O5. The molecule has 3 aromatic carbocycles. The number of para-hydroxylation sites is 1. The molecule has 3 heterocycles. The van der Waals surface area contributed by atoms with Crippen molar-refractivity contribution in [2.24, 2.45) is 0 Å². The van der Waals surface area contributed by atoms with E-state index in [1.165, 1.54) is 7.11 Å². The average Bonchev–Trinajstić information content (AvgIpc) is 3.78. The highest BCUT2D eigenvalue weighted by Crippen LogP contribution is 2.31. The number of aryl methyl sites for hydroxylation is 1. The maximum atomic E-state index is 13.7. The third-order valence-corrected chi connectivity index (χ3v) is 8.13. The van der Waals surface area contributed by atoms with Gasteiger partial charge in [-0.2, -0.15) is 0 Å². The van der Waals surface area contributed by atoms with E-state index in [0.29, 0.717) is 75.9 Å². The predicted molar refractivity (Wildman–Crippen MR) is 178 cm³/mol. The summed E-state index contributed by atoms with van der Waals surface area (Å²) in [5, 5.41) is 19.0. The molecule has 0 spiro atoms. The van der Waals surface area contributed by atoms with Crippen LogP contribution in [0.5, 0.6) is 11.5 Å². The van der Waals surface area contributed by atoms with Crippen LogP contribution in [0.3, 0.4) is 0 Å².